The molecule has 1 nitrogen and oxygen atoms in total. The summed E-state index contributed by atoms with van der Waals surface area (Å²) in [5.41, 5.74) is 5.59. The molecule has 104 valence electrons. The molecule has 0 saturated heterocycles. The number of thioether (sulfide) groups is 1. The molecule has 2 aromatic rings. The monoisotopic (exact) mass is 283 g/mol. The zero-order chi connectivity index (χ0) is 13.9. The van der Waals surface area contributed by atoms with Gasteiger partial charge in [-0.05, 0) is 47.0 Å². The Balaban J connectivity index is 2.06. The quantitative estimate of drug-likeness (QED) is 0.871. The summed E-state index contributed by atoms with van der Waals surface area (Å²) in [6.45, 7) is 2.35. The summed E-state index contributed by atoms with van der Waals surface area (Å²) in [4.78, 5) is 0. The van der Waals surface area contributed by atoms with Crippen molar-refractivity contribution in [2.75, 3.05) is 12.8 Å². The Kier molecular flexibility index (Phi) is 4.13. The van der Waals surface area contributed by atoms with Crippen molar-refractivity contribution in [2.24, 2.45) is 5.92 Å². The van der Waals surface area contributed by atoms with E-state index < -0.39 is 0 Å². The van der Waals surface area contributed by atoms with Crippen LogP contribution in [0.15, 0.2) is 48.5 Å². The van der Waals surface area contributed by atoms with Crippen LogP contribution in [0.5, 0.6) is 0 Å². The molecule has 1 aliphatic rings. The van der Waals surface area contributed by atoms with E-state index in [-0.39, 0.29) is 0 Å². The van der Waals surface area contributed by atoms with Crippen LogP contribution < -0.4 is 5.32 Å². The fraction of sp³-hybridized carbons (Fsp3) is 0.333. The standard InChI is InChI=1S/C18H21NS/c1-13-11-20-12-16-9-8-15(10-17(16)18(13)19-2)14-6-4-3-5-7-14/h3-10,13,18-19H,11-12H2,1-2H3. The first kappa shape index (κ1) is 13.7. The van der Waals surface area contributed by atoms with E-state index in [0.717, 1.165) is 5.75 Å². The van der Waals surface area contributed by atoms with Crippen molar-refractivity contribution in [1.82, 2.24) is 5.32 Å². The minimum atomic E-state index is 0.462. The molecule has 0 amide bonds. The van der Waals surface area contributed by atoms with E-state index in [2.05, 4.69) is 67.8 Å². The molecule has 0 aliphatic carbocycles. The molecule has 0 spiro atoms. The molecule has 3 rings (SSSR count). The zero-order valence-corrected chi connectivity index (χ0v) is 12.9. The lowest BCUT2D eigenvalue weighted by Crippen LogP contribution is -2.24. The molecule has 2 heteroatoms. The molecule has 1 heterocycles. The first-order valence-electron chi connectivity index (χ1n) is 7.23. The van der Waals surface area contributed by atoms with E-state index in [0.29, 0.717) is 12.0 Å². The summed E-state index contributed by atoms with van der Waals surface area (Å²) in [6, 6.07) is 18.1. The highest BCUT2D eigenvalue weighted by atomic mass is 32.2. The van der Waals surface area contributed by atoms with Gasteiger partial charge in [0.1, 0.15) is 0 Å². The second-order valence-electron chi connectivity index (χ2n) is 5.54. The van der Waals surface area contributed by atoms with Gasteiger partial charge in [-0.1, -0.05) is 49.4 Å². The first-order chi connectivity index (χ1) is 9.79. The highest BCUT2D eigenvalue weighted by Crippen LogP contribution is 2.36. The van der Waals surface area contributed by atoms with Crippen LogP contribution in [0.1, 0.15) is 24.1 Å². The van der Waals surface area contributed by atoms with Gasteiger partial charge in [0.15, 0.2) is 0 Å². The number of hydrogen-bond acceptors (Lipinski definition) is 2. The average molecular weight is 283 g/mol. The maximum Gasteiger partial charge on any atom is 0.0354 e. The lowest BCUT2D eigenvalue weighted by Gasteiger charge is -2.23. The molecule has 0 saturated carbocycles. The Morgan fingerprint density at radius 2 is 1.85 bits per heavy atom. The molecule has 0 radical (unpaired) electrons. The van der Waals surface area contributed by atoms with Crippen molar-refractivity contribution in [2.45, 2.75) is 18.7 Å². The van der Waals surface area contributed by atoms with Crippen LogP contribution in [0.2, 0.25) is 0 Å². The smallest absolute Gasteiger partial charge is 0.0354 e. The average Bonchev–Trinajstić information content (AvgIpc) is 2.65. The molecule has 0 fully saturated rings. The van der Waals surface area contributed by atoms with Crippen molar-refractivity contribution in [3.8, 4) is 11.1 Å². The zero-order valence-electron chi connectivity index (χ0n) is 12.1. The van der Waals surface area contributed by atoms with E-state index in [1.165, 1.54) is 28.0 Å². The van der Waals surface area contributed by atoms with E-state index in [4.69, 9.17) is 0 Å². The minimum Gasteiger partial charge on any atom is -0.313 e. The summed E-state index contributed by atoms with van der Waals surface area (Å²) in [5.74, 6) is 3.02. The lowest BCUT2D eigenvalue weighted by molar-refractivity contribution is 0.450. The van der Waals surface area contributed by atoms with Gasteiger partial charge in [0.2, 0.25) is 0 Å². The van der Waals surface area contributed by atoms with Crippen LogP contribution in [-0.2, 0) is 5.75 Å². The van der Waals surface area contributed by atoms with E-state index in [1.54, 1.807) is 0 Å². The molecule has 0 aromatic heterocycles. The third-order valence-corrected chi connectivity index (χ3v) is 5.38. The lowest BCUT2D eigenvalue weighted by atomic mass is 9.90. The van der Waals surface area contributed by atoms with Gasteiger partial charge in [0.25, 0.3) is 0 Å². The topological polar surface area (TPSA) is 12.0 Å². The molecule has 0 bridgehead atoms. The Morgan fingerprint density at radius 3 is 2.60 bits per heavy atom. The molecular formula is C18H21NS. The van der Waals surface area contributed by atoms with Crippen molar-refractivity contribution in [3.05, 3.63) is 59.7 Å². The van der Waals surface area contributed by atoms with Gasteiger partial charge in [-0.15, -0.1) is 0 Å². The number of benzene rings is 2. The highest BCUT2D eigenvalue weighted by molar-refractivity contribution is 7.98. The van der Waals surface area contributed by atoms with Gasteiger partial charge in [0, 0.05) is 11.8 Å². The van der Waals surface area contributed by atoms with Crippen molar-refractivity contribution >= 4 is 11.8 Å². The van der Waals surface area contributed by atoms with Gasteiger partial charge in [-0.2, -0.15) is 11.8 Å². The molecule has 20 heavy (non-hydrogen) atoms. The maximum absolute atomic E-state index is 3.52. The summed E-state index contributed by atoms with van der Waals surface area (Å²) >= 11 is 2.05. The van der Waals surface area contributed by atoms with Crippen LogP contribution >= 0.6 is 11.8 Å². The largest absolute Gasteiger partial charge is 0.313 e. The summed E-state index contributed by atoms with van der Waals surface area (Å²) in [6.07, 6.45) is 0. The Morgan fingerprint density at radius 1 is 1.05 bits per heavy atom. The van der Waals surface area contributed by atoms with Gasteiger partial charge in [-0.3, -0.25) is 0 Å². The number of fused-ring (bicyclic) bond motifs is 1. The van der Waals surface area contributed by atoms with Gasteiger partial charge >= 0.3 is 0 Å². The van der Waals surface area contributed by atoms with E-state index in [1.807, 2.05) is 11.8 Å². The summed E-state index contributed by atoms with van der Waals surface area (Å²) in [5, 5.41) is 3.52. The Bertz CT molecular complexity index is 579. The fourth-order valence-corrected chi connectivity index (χ4v) is 4.19. The molecule has 1 N–H and O–H groups in total. The highest BCUT2D eigenvalue weighted by Gasteiger charge is 2.24. The van der Waals surface area contributed by atoms with Crippen LogP contribution in [0.3, 0.4) is 0 Å². The minimum absolute atomic E-state index is 0.462. The summed E-state index contributed by atoms with van der Waals surface area (Å²) in [7, 11) is 2.08. The van der Waals surface area contributed by atoms with Gasteiger partial charge in [0.05, 0.1) is 0 Å². The third kappa shape index (κ3) is 2.63. The molecule has 2 aromatic carbocycles. The van der Waals surface area contributed by atoms with Gasteiger partial charge < -0.3 is 5.32 Å². The van der Waals surface area contributed by atoms with E-state index >= 15 is 0 Å². The molecule has 2 atom stereocenters. The van der Waals surface area contributed by atoms with Crippen molar-refractivity contribution in [3.63, 3.8) is 0 Å². The number of hydrogen-bond donors (Lipinski definition) is 1. The van der Waals surface area contributed by atoms with Crippen LogP contribution in [0.25, 0.3) is 11.1 Å². The Labute approximate surface area is 125 Å². The van der Waals surface area contributed by atoms with Crippen LogP contribution in [0.4, 0.5) is 0 Å². The third-order valence-electron chi connectivity index (χ3n) is 4.11. The predicted molar refractivity (Wildman–Crippen MR) is 89.0 cm³/mol. The van der Waals surface area contributed by atoms with Crippen LogP contribution in [-0.4, -0.2) is 12.8 Å². The normalized spacial score (nSPS) is 22.1. The molecule has 2 unspecified atom stereocenters. The second kappa shape index (κ2) is 6.02. The fourth-order valence-electron chi connectivity index (χ4n) is 3.02. The predicted octanol–water partition coefficient (Wildman–Crippen LogP) is 4.50. The maximum atomic E-state index is 3.52. The van der Waals surface area contributed by atoms with Gasteiger partial charge in [-0.25, -0.2) is 0 Å². The molecular weight excluding hydrogens is 262 g/mol. The first-order valence-corrected chi connectivity index (χ1v) is 8.38. The second-order valence-corrected chi connectivity index (χ2v) is 6.57. The van der Waals surface area contributed by atoms with Crippen molar-refractivity contribution < 1.29 is 0 Å². The Hall–Kier alpha value is -1.25. The van der Waals surface area contributed by atoms with Crippen molar-refractivity contribution in [1.29, 1.82) is 0 Å². The number of rotatable bonds is 2. The number of nitrogens with one attached hydrogen (secondary N) is 1. The van der Waals surface area contributed by atoms with Crippen LogP contribution in [0, 0.1) is 5.92 Å². The molecule has 1 aliphatic heterocycles. The summed E-state index contributed by atoms with van der Waals surface area (Å²) < 4.78 is 0. The SMILES string of the molecule is CNC1c2cc(-c3ccccc3)ccc2CSCC1C. The van der Waals surface area contributed by atoms with E-state index in [9.17, 15) is 0 Å².